The highest BCUT2D eigenvalue weighted by Crippen LogP contribution is 2.07. The predicted molar refractivity (Wildman–Crippen MR) is 49.5 cm³/mol. The van der Waals surface area contributed by atoms with Crippen molar-refractivity contribution in [1.82, 2.24) is 4.90 Å². The summed E-state index contributed by atoms with van der Waals surface area (Å²) in [6.07, 6.45) is 0. The first-order valence-corrected chi connectivity index (χ1v) is 3.99. The van der Waals surface area contributed by atoms with E-state index in [-0.39, 0.29) is 12.5 Å². The Morgan fingerprint density at radius 3 is 2.62 bits per heavy atom. The van der Waals surface area contributed by atoms with Gasteiger partial charge in [-0.3, -0.25) is 4.79 Å². The SMILES string of the molecule is CN(C)C(=O)COc1cc[c]cc1. The first kappa shape index (κ1) is 9.58. The molecule has 1 amide bonds. The van der Waals surface area contributed by atoms with E-state index in [0.717, 1.165) is 0 Å². The van der Waals surface area contributed by atoms with E-state index < -0.39 is 0 Å². The van der Waals surface area contributed by atoms with Crippen molar-refractivity contribution in [3.8, 4) is 5.75 Å². The zero-order chi connectivity index (χ0) is 9.68. The standard InChI is InChI=1S/C10H12NO2/c1-11(2)10(12)8-13-9-6-4-3-5-7-9/h4-7H,8H2,1-2H3. The summed E-state index contributed by atoms with van der Waals surface area (Å²) in [4.78, 5) is 12.6. The minimum Gasteiger partial charge on any atom is -0.484 e. The van der Waals surface area contributed by atoms with E-state index in [2.05, 4.69) is 6.07 Å². The summed E-state index contributed by atoms with van der Waals surface area (Å²) in [6.45, 7) is 0.0804. The number of likely N-dealkylation sites (N-methyl/N-ethyl adjacent to an activating group) is 1. The van der Waals surface area contributed by atoms with Crippen molar-refractivity contribution in [2.45, 2.75) is 0 Å². The third kappa shape index (κ3) is 3.15. The lowest BCUT2D eigenvalue weighted by Gasteiger charge is -2.10. The van der Waals surface area contributed by atoms with Crippen LogP contribution in [0.3, 0.4) is 0 Å². The zero-order valence-electron chi connectivity index (χ0n) is 7.78. The Labute approximate surface area is 77.9 Å². The zero-order valence-corrected chi connectivity index (χ0v) is 7.78. The summed E-state index contributed by atoms with van der Waals surface area (Å²) in [5.74, 6) is 0.641. The minimum absolute atomic E-state index is 0.0483. The highest BCUT2D eigenvalue weighted by molar-refractivity contribution is 5.77. The van der Waals surface area contributed by atoms with Crippen molar-refractivity contribution >= 4 is 5.91 Å². The van der Waals surface area contributed by atoms with Gasteiger partial charge in [0.25, 0.3) is 5.91 Å². The summed E-state index contributed by atoms with van der Waals surface area (Å²) < 4.78 is 5.22. The molecule has 0 bridgehead atoms. The number of amides is 1. The molecule has 1 radical (unpaired) electrons. The smallest absolute Gasteiger partial charge is 0.259 e. The molecule has 0 aromatic heterocycles. The van der Waals surface area contributed by atoms with Crippen LogP contribution in [0.5, 0.6) is 5.75 Å². The van der Waals surface area contributed by atoms with Crippen LogP contribution in [0.2, 0.25) is 0 Å². The quantitative estimate of drug-likeness (QED) is 0.689. The van der Waals surface area contributed by atoms with E-state index in [1.165, 1.54) is 4.90 Å². The maximum absolute atomic E-state index is 11.1. The maximum atomic E-state index is 11.1. The Morgan fingerprint density at radius 1 is 1.46 bits per heavy atom. The van der Waals surface area contributed by atoms with Crippen molar-refractivity contribution in [3.05, 3.63) is 30.3 Å². The molecule has 0 spiro atoms. The van der Waals surface area contributed by atoms with Gasteiger partial charge in [-0.05, 0) is 18.2 Å². The van der Waals surface area contributed by atoms with Gasteiger partial charge in [0.2, 0.25) is 0 Å². The Morgan fingerprint density at radius 2 is 2.08 bits per heavy atom. The molecule has 69 valence electrons. The lowest BCUT2D eigenvalue weighted by atomic mass is 10.3. The van der Waals surface area contributed by atoms with Crippen molar-refractivity contribution in [2.75, 3.05) is 20.7 Å². The molecule has 0 N–H and O–H groups in total. The fraction of sp³-hybridized carbons (Fsp3) is 0.300. The number of carbonyl (C=O) groups is 1. The van der Waals surface area contributed by atoms with Gasteiger partial charge in [-0.25, -0.2) is 0 Å². The van der Waals surface area contributed by atoms with Crippen LogP contribution < -0.4 is 4.74 Å². The van der Waals surface area contributed by atoms with Gasteiger partial charge in [0.15, 0.2) is 6.61 Å². The molecular formula is C10H12NO2. The van der Waals surface area contributed by atoms with Crippen molar-refractivity contribution < 1.29 is 9.53 Å². The van der Waals surface area contributed by atoms with Gasteiger partial charge in [-0.1, -0.05) is 12.1 Å². The number of ether oxygens (including phenoxy) is 1. The Balaban J connectivity index is 2.40. The summed E-state index contributed by atoms with van der Waals surface area (Å²) in [5.41, 5.74) is 0. The highest BCUT2D eigenvalue weighted by Gasteiger charge is 2.03. The third-order valence-corrected chi connectivity index (χ3v) is 1.55. The van der Waals surface area contributed by atoms with Crippen LogP contribution in [0, 0.1) is 6.07 Å². The molecular weight excluding hydrogens is 166 g/mol. The van der Waals surface area contributed by atoms with Gasteiger partial charge in [-0.2, -0.15) is 0 Å². The van der Waals surface area contributed by atoms with Gasteiger partial charge < -0.3 is 9.64 Å². The largest absolute Gasteiger partial charge is 0.484 e. The highest BCUT2D eigenvalue weighted by atomic mass is 16.5. The lowest BCUT2D eigenvalue weighted by molar-refractivity contribution is -0.130. The average Bonchev–Trinajstić information content (AvgIpc) is 2.15. The second kappa shape index (κ2) is 4.50. The number of hydrogen-bond acceptors (Lipinski definition) is 2. The fourth-order valence-corrected chi connectivity index (χ4v) is 0.742. The third-order valence-electron chi connectivity index (χ3n) is 1.55. The summed E-state index contributed by atoms with van der Waals surface area (Å²) >= 11 is 0. The average molecular weight is 178 g/mol. The van der Waals surface area contributed by atoms with Crippen LogP contribution >= 0.6 is 0 Å². The van der Waals surface area contributed by atoms with E-state index in [1.54, 1.807) is 38.4 Å². The van der Waals surface area contributed by atoms with Crippen LogP contribution in [0.15, 0.2) is 24.3 Å². The monoisotopic (exact) mass is 178 g/mol. The first-order chi connectivity index (χ1) is 6.20. The molecule has 0 aliphatic rings. The Hall–Kier alpha value is -1.51. The lowest BCUT2D eigenvalue weighted by Crippen LogP contribution is -2.27. The van der Waals surface area contributed by atoms with Crippen molar-refractivity contribution in [3.63, 3.8) is 0 Å². The van der Waals surface area contributed by atoms with Crippen LogP contribution in [0.1, 0.15) is 0 Å². The van der Waals surface area contributed by atoms with Gasteiger partial charge in [0.05, 0.1) is 0 Å². The van der Waals surface area contributed by atoms with Crippen LogP contribution in [0.25, 0.3) is 0 Å². The van der Waals surface area contributed by atoms with Crippen LogP contribution in [-0.2, 0) is 4.79 Å². The topological polar surface area (TPSA) is 29.5 Å². The molecule has 0 unspecified atom stereocenters. The van der Waals surface area contributed by atoms with Gasteiger partial charge in [-0.15, -0.1) is 0 Å². The first-order valence-electron chi connectivity index (χ1n) is 3.99. The normalized spacial score (nSPS) is 9.38. The van der Waals surface area contributed by atoms with Crippen molar-refractivity contribution in [1.29, 1.82) is 0 Å². The van der Waals surface area contributed by atoms with Gasteiger partial charge in [0, 0.05) is 14.1 Å². The van der Waals surface area contributed by atoms with Crippen LogP contribution in [0.4, 0.5) is 0 Å². The molecule has 13 heavy (non-hydrogen) atoms. The van der Waals surface area contributed by atoms with E-state index >= 15 is 0 Å². The van der Waals surface area contributed by atoms with E-state index in [1.807, 2.05) is 0 Å². The Kier molecular flexibility index (Phi) is 3.31. The van der Waals surface area contributed by atoms with Crippen molar-refractivity contribution in [2.24, 2.45) is 0 Å². The van der Waals surface area contributed by atoms with Gasteiger partial charge >= 0.3 is 0 Å². The molecule has 0 aliphatic carbocycles. The molecule has 3 heteroatoms. The molecule has 0 aliphatic heterocycles. The number of benzene rings is 1. The molecule has 0 saturated heterocycles. The summed E-state index contributed by atoms with van der Waals surface area (Å²) in [5, 5.41) is 0. The maximum Gasteiger partial charge on any atom is 0.259 e. The summed E-state index contributed by atoms with van der Waals surface area (Å²) in [7, 11) is 3.40. The van der Waals surface area contributed by atoms with Gasteiger partial charge in [0.1, 0.15) is 5.75 Å². The Bertz CT molecular complexity index is 270. The second-order valence-electron chi connectivity index (χ2n) is 2.81. The van der Waals surface area contributed by atoms with E-state index in [4.69, 9.17) is 4.74 Å². The second-order valence-corrected chi connectivity index (χ2v) is 2.81. The fourth-order valence-electron chi connectivity index (χ4n) is 0.742. The predicted octanol–water partition coefficient (Wildman–Crippen LogP) is 0.954. The molecule has 0 fully saturated rings. The molecule has 1 aromatic rings. The number of nitrogens with zero attached hydrogens (tertiary/aromatic N) is 1. The minimum atomic E-state index is -0.0483. The van der Waals surface area contributed by atoms with E-state index in [0.29, 0.717) is 5.75 Å². The van der Waals surface area contributed by atoms with E-state index in [9.17, 15) is 4.79 Å². The number of hydrogen-bond donors (Lipinski definition) is 0. The molecule has 0 atom stereocenters. The summed E-state index contributed by atoms with van der Waals surface area (Å²) in [6, 6.07) is 9.89. The molecule has 1 aromatic carbocycles. The number of carbonyl (C=O) groups excluding carboxylic acids is 1. The number of rotatable bonds is 3. The molecule has 3 nitrogen and oxygen atoms in total. The molecule has 1 rings (SSSR count). The molecule has 0 saturated carbocycles. The van der Waals surface area contributed by atoms with Crippen LogP contribution in [-0.4, -0.2) is 31.5 Å². The molecule has 0 heterocycles.